The molecule has 1 unspecified atom stereocenters. The van der Waals surface area contributed by atoms with Crippen LogP contribution in [0.1, 0.15) is 64.4 Å². The van der Waals surface area contributed by atoms with Crippen LogP contribution in [0, 0.1) is 5.92 Å². The molecule has 0 aliphatic heterocycles. The van der Waals surface area contributed by atoms with E-state index in [1.165, 1.54) is 23.7 Å². The minimum atomic E-state index is -0.330. The Bertz CT molecular complexity index is 1800. The van der Waals surface area contributed by atoms with Gasteiger partial charge in [0, 0.05) is 22.7 Å². The van der Waals surface area contributed by atoms with Gasteiger partial charge in [-0.3, -0.25) is 4.79 Å². The second-order valence-corrected chi connectivity index (χ2v) is 11.6. The van der Waals surface area contributed by atoms with Crippen LogP contribution in [0.15, 0.2) is 89.9 Å². The molecule has 0 radical (unpaired) electrons. The Morgan fingerprint density at radius 2 is 1.86 bits per heavy atom. The fourth-order valence-electron chi connectivity index (χ4n) is 5.97. The molecule has 1 aliphatic rings. The van der Waals surface area contributed by atoms with E-state index in [0.717, 1.165) is 64.5 Å². The van der Waals surface area contributed by atoms with E-state index >= 15 is 0 Å². The van der Waals surface area contributed by atoms with Gasteiger partial charge in [0.1, 0.15) is 0 Å². The monoisotopic (exact) mass is 559 g/mol. The number of hydrogen-bond acceptors (Lipinski definition) is 4. The van der Waals surface area contributed by atoms with Gasteiger partial charge in [-0.1, -0.05) is 93.8 Å². The Balaban J connectivity index is 1.31. The van der Waals surface area contributed by atoms with Gasteiger partial charge in [0.15, 0.2) is 5.65 Å². The zero-order valence-electron chi connectivity index (χ0n) is 24.3. The first-order valence-electron chi connectivity index (χ1n) is 15.0. The smallest absolute Gasteiger partial charge is 0.343 e. The molecule has 0 spiro atoms. The van der Waals surface area contributed by atoms with Crippen molar-refractivity contribution in [1.29, 1.82) is 0 Å². The van der Waals surface area contributed by atoms with Gasteiger partial charge in [-0.25, -0.2) is 19.3 Å². The van der Waals surface area contributed by atoms with Gasteiger partial charge in [0.2, 0.25) is 5.91 Å². The van der Waals surface area contributed by atoms with Gasteiger partial charge < -0.3 is 5.32 Å². The Morgan fingerprint density at radius 3 is 2.57 bits per heavy atom. The highest BCUT2D eigenvalue weighted by molar-refractivity contribution is 5.98. The number of amides is 1. The number of carbonyl (C=O) groups excluding carboxylic acids is 1. The highest BCUT2D eigenvalue weighted by Gasteiger charge is 2.39. The minimum absolute atomic E-state index is 0.0209. The Hall–Kier alpha value is -4.52. The lowest BCUT2D eigenvalue weighted by molar-refractivity contribution is -0.119. The molecular formula is C35H37N5O2. The third-order valence-corrected chi connectivity index (χ3v) is 8.58. The van der Waals surface area contributed by atoms with Crippen LogP contribution in [-0.4, -0.2) is 25.5 Å². The number of H-pyrrole nitrogens is 1. The van der Waals surface area contributed by atoms with Crippen molar-refractivity contribution in [3.05, 3.63) is 101 Å². The summed E-state index contributed by atoms with van der Waals surface area (Å²) >= 11 is 0. The number of benzene rings is 2. The number of carbonyl (C=O) groups is 1. The lowest BCUT2D eigenvalue weighted by Gasteiger charge is -2.43. The van der Waals surface area contributed by atoms with Crippen LogP contribution in [0.5, 0.6) is 0 Å². The first-order valence-corrected chi connectivity index (χ1v) is 15.0. The van der Waals surface area contributed by atoms with Crippen molar-refractivity contribution < 1.29 is 4.79 Å². The highest BCUT2D eigenvalue weighted by atomic mass is 16.2. The normalized spacial score (nSPS) is 15.2. The van der Waals surface area contributed by atoms with Crippen LogP contribution in [-0.2, 0) is 10.3 Å². The van der Waals surface area contributed by atoms with Crippen LogP contribution in [0.3, 0.4) is 0 Å². The zero-order valence-corrected chi connectivity index (χ0v) is 24.3. The summed E-state index contributed by atoms with van der Waals surface area (Å²) in [6, 6.07) is 22.5. The van der Waals surface area contributed by atoms with Gasteiger partial charge in [-0.05, 0) is 60.9 Å². The Morgan fingerprint density at radius 1 is 1.07 bits per heavy atom. The first-order chi connectivity index (χ1) is 20.5. The van der Waals surface area contributed by atoms with E-state index in [4.69, 9.17) is 4.98 Å². The molecule has 0 bridgehead atoms. The van der Waals surface area contributed by atoms with Gasteiger partial charge in [0.05, 0.1) is 16.7 Å². The van der Waals surface area contributed by atoms with E-state index in [0.29, 0.717) is 11.6 Å². The van der Waals surface area contributed by atoms with Gasteiger partial charge >= 0.3 is 5.69 Å². The topological polar surface area (TPSA) is 92.2 Å². The standard InChI is InChI=1S/C35H37N5O2/c1-3-4-6-10-24(2)13-18-31(41)37-35(20-9-21-35)27-16-14-26(15-17-27)32-28(25-11-7-5-8-12-25)23-29-30(36-32)19-22-40-33(29)38-39-34(40)42/h5,7-8,11-19,22-24H,3-4,6,9-10,20-21H2,1-2H3,(H,37,41)(H,39,42)/b18-13+. The van der Waals surface area contributed by atoms with Gasteiger partial charge in [-0.2, -0.15) is 5.10 Å². The average Bonchev–Trinajstić information content (AvgIpc) is 3.39. The van der Waals surface area contributed by atoms with E-state index in [2.05, 4.69) is 71.8 Å². The quantitative estimate of drug-likeness (QED) is 0.140. The Kier molecular flexibility index (Phi) is 7.74. The molecule has 0 saturated heterocycles. The minimum Gasteiger partial charge on any atom is -0.343 e. The number of nitrogens with one attached hydrogen (secondary N) is 2. The van der Waals surface area contributed by atoms with Crippen molar-refractivity contribution in [2.75, 3.05) is 0 Å². The van der Waals surface area contributed by atoms with Crippen molar-refractivity contribution in [3.8, 4) is 22.4 Å². The first kappa shape index (κ1) is 27.6. The third-order valence-electron chi connectivity index (χ3n) is 8.58. The van der Waals surface area contributed by atoms with Crippen molar-refractivity contribution in [3.63, 3.8) is 0 Å². The average molecular weight is 560 g/mol. The predicted octanol–water partition coefficient (Wildman–Crippen LogP) is 7.17. The van der Waals surface area contributed by atoms with Crippen LogP contribution < -0.4 is 11.0 Å². The van der Waals surface area contributed by atoms with E-state index in [-0.39, 0.29) is 17.1 Å². The number of fused-ring (bicyclic) bond motifs is 3. The maximum absolute atomic E-state index is 12.9. The molecule has 3 aromatic heterocycles. The molecule has 42 heavy (non-hydrogen) atoms. The molecule has 3 heterocycles. The number of hydrogen-bond donors (Lipinski definition) is 2. The number of aromatic amines is 1. The summed E-state index contributed by atoms with van der Waals surface area (Å²) in [6.45, 7) is 4.39. The fourth-order valence-corrected chi connectivity index (χ4v) is 5.97. The van der Waals surface area contributed by atoms with Crippen molar-refractivity contribution in [1.82, 2.24) is 24.9 Å². The van der Waals surface area contributed by atoms with E-state index in [1.807, 2.05) is 30.3 Å². The molecular weight excluding hydrogens is 522 g/mol. The lowest BCUT2D eigenvalue weighted by Crippen LogP contribution is -2.50. The van der Waals surface area contributed by atoms with E-state index < -0.39 is 0 Å². The van der Waals surface area contributed by atoms with Crippen molar-refractivity contribution >= 4 is 22.5 Å². The zero-order chi connectivity index (χ0) is 29.1. The SMILES string of the molecule is CCCCCC(C)/C=C/C(=O)NC1(c2ccc(-c3nc4ccn5c(=O)[nH]nc5c4cc3-c3ccccc3)cc2)CCC1. The summed E-state index contributed by atoms with van der Waals surface area (Å²) < 4.78 is 1.50. The molecule has 1 amide bonds. The highest BCUT2D eigenvalue weighted by Crippen LogP contribution is 2.42. The number of pyridine rings is 2. The number of rotatable bonds is 10. The second-order valence-electron chi connectivity index (χ2n) is 11.6. The molecule has 2 N–H and O–H groups in total. The van der Waals surface area contributed by atoms with Crippen molar-refractivity contribution in [2.45, 2.75) is 64.3 Å². The summed E-state index contributed by atoms with van der Waals surface area (Å²) in [7, 11) is 0. The Labute approximate surface area is 245 Å². The molecule has 6 rings (SSSR count). The molecule has 1 aliphatic carbocycles. The van der Waals surface area contributed by atoms with E-state index in [1.54, 1.807) is 12.3 Å². The number of unbranched alkanes of at least 4 members (excludes halogenated alkanes) is 2. The fraction of sp³-hybridized carbons (Fsp3) is 0.314. The maximum Gasteiger partial charge on any atom is 0.347 e. The number of nitrogens with zero attached hydrogens (tertiary/aromatic N) is 3. The van der Waals surface area contributed by atoms with Gasteiger partial charge in [-0.15, -0.1) is 0 Å². The van der Waals surface area contributed by atoms with Crippen LogP contribution in [0.4, 0.5) is 0 Å². The molecule has 7 nitrogen and oxygen atoms in total. The number of aromatic nitrogens is 4. The van der Waals surface area contributed by atoms with Crippen LogP contribution >= 0.6 is 0 Å². The molecule has 5 aromatic rings. The summed E-state index contributed by atoms with van der Waals surface area (Å²) in [5.41, 5.74) is 5.67. The molecule has 1 saturated carbocycles. The molecule has 214 valence electrons. The van der Waals surface area contributed by atoms with Crippen LogP contribution in [0.25, 0.3) is 38.9 Å². The molecule has 1 atom stereocenters. The second kappa shape index (κ2) is 11.8. The lowest BCUT2D eigenvalue weighted by atomic mass is 9.71. The molecule has 7 heteroatoms. The van der Waals surface area contributed by atoms with E-state index in [9.17, 15) is 9.59 Å². The largest absolute Gasteiger partial charge is 0.347 e. The molecule has 1 fully saturated rings. The molecule has 2 aromatic carbocycles. The summed E-state index contributed by atoms with van der Waals surface area (Å²) in [5.74, 6) is 0.379. The number of allylic oxidation sites excluding steroid dienone is 1. The third kappa shape index (κ3) is 5.39. The van der Waals surface area contributed by atoms with Gasteiger partial charge in [0.25, 0.3) is 0 Å². The van der Waals surface area contributed by atoms with Crippen LogP contribution in [0.2, 0.25) is 0 Å². The summed E-state index contributed by atoms with van der Waals surface area (Å²) in [4.78, 5) is 30.2. The van der Waals surface area contributed by atoms with Crippen molar-refractivity contribution in [2.24, 2.45) is 5.92 Å². The maximum atomic E-state index is 12.9. The predicted molar refractivity (Wildman–Crippen MR) is 168 cm³/mol. The summed E-state index contributed by atoms with van der Waals surface area (Å²) in [5, 5.41) is 10.9. The summed E-state index contributed by atoms with van der Waals surface area (Å²) in [6.07, 6.45) is 13.2.